The summed E-state index contributed by atoms with van der Waals surface area (Å²) >= 11 is 5.64. The third-order valence-electron chi connectivity index (χ3n) is 2.67. The Morgan fingerprint density at radius 1 is 1.50 bits per heavy atom. The van der Waals surface area contributed by atoms with E-state index in [4.69, 9.17) is 11.6 Å². The van der Waals surface area contributed by atoms with Crippen LogP contribution in [0.1, 0.15) is 16.8 Å². The van der Waals surface area contributed by atoms with E-state index in [0.717, 1.165) is 5.56 Å². The highest BCUT2D eigenvalue weighted by molar-refractivity contribution is 6.16. The summed E-state index contributed by atoms with van der Waals surface area (Å²) in [6, 6.07) is 4.99. The molecule has 0 amide bonds. The van der Waals surface area contributed by atoms with Crippen molar-refractivity contribution in [1.82, 2.24) is 15.0 Å². The van der Waals surface area contributed by atoms with Crippen molar-refractivity contribution in [2.45, 2.75) is 19.3 Å². The van der Waals surface area contributed by atoms with Crippen molar-refractivity contribution >= 4 is 17.3 Å². The van der Waals surface area contributed by atoms with Crippen LogP contribution in [0.15, 0.2) is 24.4 Å². The summed E-state index contributed by atoms with van der Waals surface area (Å²) < 4.78 is 1.61. The Balaban J connectivity index is 2.29. The van der Waals surface area contributed by atoms with Gasteiger partial charge in [0.25, 0.3) is 5.69 Å². The van der Waals surface area contributed by atoms with Crippen LogP contribution >= 0.6 is 11.6 Å². The van der Waals surface area contributed by atoms with E-state index >= 15 is 0 Å². The van der Waals surface area contributed by atoms with Crippen LogP contribution in [-0.4, -0.2) is 19.9 Å². The summed E-state index contributed by atoms with van der Waals surface area (Å²) in [5.74, 6) is 0.300. The molecule has 0 radical (unpaired) electrons. The molecule has 2 rings (SSSR count). The highest BCUT2D eigenvalue weighted by Crippen LogP contribution is 2.21. The molecule has 1 heterocycles. The van der Waals surface area contributed by atoms with Crippen molar-refractivity contribution in [3.8, 4) is 0 Å². The Morgan fingerprint density at radius 2 is 2.28 bits per heavy atom. The number of alkyl halides is 1. The standard InChI is InChI=1S/C11H11ClN4O2/c1-8-9(3-2-4-11(8)16(17)18)6-15-7-10(5-12)13-14-15/h2-4,7H,5-6H2,1H3. The van der Waals surface area contributed by atoms with Crippen molar-refractivity contribution in [2.24, 2.45) is 0 Å². The van der Waals surface area contributed by atoms with E-state index < -0.39 is 0 Å². The molecule has 0 saturated heterocycles. The number of halogens is 1. The van der Waals surface area contributed by atoms with Crippen LogP contribution in [0.5, 0.6) is 0 Å². The van der Waals surface area contributed by atoms with E-state index in [2.05, 4.69) is 10.3 Å². The van der Waals surface area contributed by atoms with Crippen LogP contribution in [0.2, 0.25) is 0 Å². The summed E-state index contributed by atoms with van der Waals surface area (Å²) in [7, 11) is 0. The minimum Gasteiger partial charge on any atom is -0.258 e. The smallest absolute Gasteiger partial charge is 0.258 e. The number of aromatic nitrogens is 3. The Bertz CT molecular complexity index is 582. The number of hydrogen-bond acceptors (Lipinski definition) is 4. The van der Waals surface area contributed by atoms with Gasteiger partial charge in [-0.3, -0.25) is 10.1 Å². The number of nitro groups is 1. The zero-order chi connectivity index (χ0) is 13.1. The van der Waals surface area contributed by atoms with Crippen molar-refractivity contribution in [3.63, 3.8) is 0 Å². The average Bonchev–Trinajstić information content (AvgIpc) is 2.79. The quantitative estimate of drug-likeness (QED) is 0.483. The van der Waals surface area contributed by atoms with Gasteiger partial charge in [-0.2, -0.15) is 0 Å². The van der Waals surface area contributed by atoms with Crippen LogP contribution in [0.3, 0.4) is 0 Å². The molecule has 1 aromatic heterocycles. The first-order valence-corrected chi connectivity index (χ1v) is 5.83. The normalized spacial score (nSPS) is 10.6. The van der Waals surface area contributed by atoms with E-state index in [-0.39, 0.29) is 10.6 Å². The van der Waals surface area contributed by atoms with E-state index in [1.165, 1.54) is 6.07 Å². The third kappa shape index (κ3) is 2.48. The predicted molar refractivity (Wildman–Crippen MR) is 66.5 cm³/mol. The fraction of sp³-hybridized carbons (Fsp3) is 0.273. The molecule has 0 aliphatic carbocycles. The van der Waals surface area contributed by atoms with Gasteiger partial charge in [0.15, 0.2) is 0 Å². The van der Waals surface area contributed by atoms with Crippen LogP contribution in [0, 0.1) is 17.0 Å². The lowest BCUT2D eigenvalue weighted by atomic mass is 10.1. The first kappa shape index (κ1) is 12.5. The molecule has 7 heteroatoms. The minimum absolute atomic E-state index is 0.116. The summed E-state index contributed by atoms with van der Waals surface area (Å²) in [6.45, 7) is 2.17. The zero-order valence-electron chi connectivity index (χ0n) is 9.71. The first-order valence-electron chi connectivity index (χ1n) is 5.29. The second-order valence-electron chi connectivity index (χ2n) is 3.86. The molecule has 18 heavy (non-hydrogen) atoms. The van der Waals surface area contributed by atoms with Gasteiger partial charge in [0.05, 0.1) is 29.2 Å². The lowest BCUT2D eigenvalue weighted by molar-refractivity contribution is -0.385. The topological polar surface area (TPSA) is 73.8 Å². The highest BCUT2D eigenvalue weighted by Gasteiger charge is 2.13. The second kappa shape index (κ2) is 5.14. The molecular formula is C11H11ClN4O2. The summed E-state index contributed by atoms with van der Waals surface area (Å²) in [5.41, 5.74) is 2.28. The summed E-state index contributed by atoms with van der Waals surface area (Å²) in [5, 5.41) is 18.6. The van der Waals surface area contributed by atoms with Gasteiger partial charge >= 0.3 is 0 Å². The molecule has 0 spiro atoms. The second-order valence-corrected chi connectivity index (χ2v) is 4.13. The lowest BCUT2D eigenvalue weighted by Crippen LogP contribution is -2.04. The van der Waals surface area contributed by atoms with Gasteiger partial charge < -0.3 is 0 Å². The molecule has 0 bridgehead atoms. The largest absolute Gasteiger partial charge is 0.272 e. The molecule has 2 aromatic rings. The molecule has 0 aliphatic heterocycles. The van der Waals surface area contributed by atoms with E-state index in [0.29, 0.717) is 23.7 Å². The van der Waals surface area contributed by atoms with Crippen LogP contribution in [0.25, 0.3) is 0 Å². The summed E-state index contributed by atoms with van der Waals surface area (Å²) in [6.07, 6.45) is 1.73. The van der Waals surface area contributed by atoms with Crippen molar-refractivity contribution in [2.75, 3.05) is 0 Å². The average molecular weight is 267 g/mol. The molecule has 6 nitrogen and oxygen atoms in total. The highest BCUT2D eigenvalue weighted by atomic mass is 35.5. The maximum atomic E-state index is 10.8. The predicted octanol–water partition coefficient (Wildman–Crippen LogP) is 2.28. The molecular weight excluding hydrogens is 256 g/mol. The molecule has 0 unspecified atom stereocenters. The molecule has 0 aliphatic rings. The molecule has 0 saturated carbocycles. The van der Waals surface area contributed by atoms with Crippen LogP contribution < -0.4 is 0 Å². The molecule has 0 atom stereocenters. The van der Waals surface area contributed by atoms with Crippen LogP contribution in [0.4, 0.5) is 5.69 Å². The Kier molecular flexibility index (Phi) is 3.57. The summed E-state index contributed by atoms with van der Waals surface area (Å²) in [4.78, 5) is 10.4. The van der Waals surface area contributed by atoms with Gasteiger partial charge in [-0.1, -0.05) is 17.3 Å². The molecule has 0 fully saturated rings. The van der Waals surface area contributed by atoms with Crippen LogP contribution in [-0.2, 0) is 12.4 Å². The van der Waals surface area contributed by atoms with Gasteiger partial charge in [0, 0.05) is 11.6 Å². The number of rotatable bonds is 4. The van der Waals surface area contributed by atoms with Gasteiger partial charge in [0.2, 0.25) is 0 Å². The van der Waals surface area contributed by atoms with Gasteiger partial charge in [-0.15, -0.1) is 16.7 Å². The zero-order valence-corrected chi connectivity index (χ0v) is 10.5. The van der Waals surface area contributed by atoms with Crippen molar-refractivity contribution in [1.29, 1.82) is 0 Å². The lowest BCUT2D eigenvalue weighted by Gasteiger charge is -2.05. The number of nitrogens with zero attached hydrogens (tertiary/aromatic N) is 4. The monoisotopic (exact) mass is 266 g/mol. The number of hydrogen-bond donors (Lipinski definition) is 0. The van der Waals surface area contributed by atoms with Gasteiger partial charge in [-0.05, 0) is 12.5 Å². The Labute approximate surface area is 108 Å². The van der Waals surface area contributed by atoms with Gasteiger partial charge in [-0.25, -0.2) is 4.68 Å². The Hall–Kier alpha value is -1.95. The number of benzene rings is 1. The fourth-order valence-electron chi connectivity index (χ4n) is 1.69. The van der Waals surface area contributed by atoms with E-state index in [1.54, 1.807) is 23.9 Å². The SMILES string of the molecule is Cc1c(Cn2cc(CCl)nn2)cccc1[N+](=O)[O-]. The maximum Gasteiger partial charge on any atom is 0.272 e. The van der Waals surface area contributed by atoms with Gasteiger partial charge in [0.1, 0.15) is 0 Å². The van der Waals surface area contributed by atoms with Crippen molar-refractivity contribution in [3.05, 3.63) is 51.3 Å². The number of nitro benzene ring substituents is 1. The van der Waals surface area contributed by atoms with Crippen molar-refractivity contribution < 1.29 is 4.92 Å². The molecule has 0 N–H and O–H groups in total. The minimum atomic E-state index is -0.385. The van der Waals surface area contributed by atoms with E-state index in [9.17, 15) is 10.1 Å². The third-order valence-corrected chi connectivity index (χ3v) is 2.94. The molecule has 1 aromatic carbocycles. The fourth-order valence-corrected chi connectivity index (χ4v) is 1.81. The van der Waals surface area contributed by atoms with E-state index in [1.807, 2.05) is 6.07 Å². The Morgan fingerprint density at radius 3 is 2.89 bits per heavy atom. The molecule has 94 valence electrons. The first-order chi connectivity index (χ1) is 8.61. The maximum absolute atomic E-state index is 10.8.